The predicted molar refractivity (Wildman–Crippen MR) is 82.3 cm³/mol. The van der Waals surface area contributed by atoms with Crippen molar-refractivity contribution >= 4 is 5.91 Å². The third kappa shape index (κ3) is 2.99. The van der Waals surface area contributed by atoms with Crippen molar-refractivity contribution in [2.45, 2.75) is 12.3 Å². The fourth-order valence-electron chi connectivity index (χ4n) is 2.54. The maximum atomic E-state index is 12.9. The van der Waals surface area contributed by atoms with Crippen LogP contribution in [0.4, 0.5) is 4.39 Å². The van der Waals surface area contributed by atoms with Crippen molar-refractivity contribution in [3.05, 3.63) is 54.0 Å². The molecule has 0 spiro atoms. The van der Waals surface area contributed by atoms with Gasteiger partial charge in [-0.15, -0.1) is 6.42 Å². The molecule has 1 aromatic heterocycles. The van der Waals surface area contributed by atoms with Gasteiger partial charge in [0.2, 0.25) is 5.91 Å². The van der Waals surface area contributed by atoms with Crippen molar-refractivity contribution in [3.8, 4) is 23.6 Å². The van der Waals surface area contributed by atoms with Gasteiger partial charge in [0, 0.05) is 17.7 Å². The first-order chi connectivity index (χ1) is 10.7. The quantitative estimate of drug-likeness (QED) is 0.881. The van der Waals surface area contributed by atoms with Gasteiger partial charge in [0.05, 0.1) is 12.2 Å². The van der Waals surface area contributed by atoms with Crippen molar-refractivity contribution in [1.82, 2.24) is 10.3 Å². The molecule has 0 radical (unpaired) electrons. The Morgan fingerprint density at radius 2 is 2.09 bits per heavy atom. The van der Waals surface area contributed by atoms with E-state index >= 15 is 0 Å². The molecule has 1 fully saturated rings. The van der Waals surface area contributed by atoms with Crippen LogP contribution < -0.4 is 5.32 Å². The molecule has 1 amide bonds. The molecule has 2 atom stereocenters. The summed E-state index contributed by atoms with van der Waals surface area (Å²) in [6.07, 6.45) is 7.74. The highest BCUT2D eigenvalue weighted by molar-refractivity contribution is 5.83. The van der Waals surface area contributed by atoms with Crippen molar-refractivity contribution in [3.63, 3.8) is 0 Å². The second-order valence-electron chi connectivity index (χ2n) is 5.35. The molecule has 3 nitrogen and oxygen atoms in total. The number of amides is 1. The normalized spacial score (nSPS) is 19.3. The van der Waals surface area contributed by atoms with Gasteiger partial charge < -0.3 is 5.32 Å². The number of carbonyl (C=O) groups is 1. The third-order valence-electron chi connectivity index (χ3n) is 3.85. The molecular formula is C18H15FN2O. The lowest BCUT2D eigenvalue weighted by Gasteiger charge is -2.04. The number of carbonyl (C=O) groups excluding carboxylic acids is 1. The SMILES string of the molecule is C#CCNC(=O)[C@@H]1C[C@H]1c1ccc(-c2ccc(F)cc2)nc1. The lowest BCUT2D eigenvalue weighted by atomic mass is 10.1. The summed E-state index contributed by atoms with van der Waals surface area (Å²) in [6.45, 7) is 0.268. The van der Waals surface area contributed by atoms with E-state index in [-0.39, 0.29) is 30.1 Å². The summed E-state index contributed by atoms with van der Waals surface area (Å²) < 4.78 is 12.9. The third-order valence-corrected chi connectivity index (χ3v) is 3.85. The van der Waals surface area contributed by atoms with Crippen molar-refractivity contribution < 1.29 is 9.18 Å². The summed E-state index contributed by atoms with van der Waals surface area (Å²) in [6, 6.07) is 10.1. The zero-order chi connectivity index (χ0) is 15.5. The number of hydrogen-bond acceptors (Lipinski definition) is 2. The Balaban J connectivity index is 1.67. The molecule has 1 aliphatic rings. The number of aromatic nitrogens is 1. The van der Waals surface area contributed by atoms with Crippen LogP contribution in [0.2, 0.25) is 0 Å². The van der Waals surface area contributed by atoms with Gasteiger partial charge in [-0.3, -0.25) is 9.78 Å². The molecule has 0 saturated heterocycles. The molecule has 3 rings (SSSR count). The molecular weight excluding hydrogens is 279 g/mol. The average Bonchev–Trinajstić information content (AvgIpc) is 3.34. The van der Waals surface area contributed by atoms with Crippen LogP contribution in [0.1, 0.15) is 17.9 Å². The highest BCUT2D eigenvalue weighted by Crippen LogP contribution is 2.47. The number of terminal acetylenes is 1. The van der Waals surface area contributed by atoms with E-state index in [1.807, 2.05) is 12.1 Å². The summed E-state index contributed by atoms with van der Waals surface area (Å²) in [7, 11) is 0. The van der Waals surface area contributed by atoms with E-state index in [1.165, 1.54) is 12.1 Å². The van der Waals surface area contributed by atoms with Crippen LogP contribution in [0, 0.1) is 24.1 Å². The zero-order valence-corrected chi connectivity index (χ0v) is 11.9. The fourth-order valence-corrected chi connectivity index (χ4v) is 2.54. The minimum atomic E-state index is -0.265. The largest absolute Gasteiger partial charge is 0.345 e. The Kier molecular flexibility index (Phi) is 3.88. The van der Waals surface area contributed by atoms with Gasteiger partial charge in [0.15, 0.2) is 0 Å². The number of benzene rings is 1. The van der Waals surface area contributed by atoms with Crippen LogP contribution >= 0.6 is 0 Å². The molecule has 1 aromatic carbocycles. The molecule has 1 aliphatic carbocycles. The van der Waals surface area contributed by atoms with Gasteiger partial charge >= 0.3 is 0 Å². The minimum absolute atomic E-state index is 0.00515. The monoisotopic (exact) mass is 294 g/mol. The van der Waals surface area contributed by atoms with Crippen molar-refractivity contribution in [2.24, 2.45) is 5.92 Å². The lowest BCUT2D eigenvalue weighted by molar-refractivity contribution is -0.122. The number of pyridine rings is 1. The summed E-state index contributed by atoms with van der Waals surface area (Å²) in [5.41, 5.74) is 2.71. The number of nitrogens with one attached hydrogen (secondary N) is 1. The van der Waals surface area contributed by atoms with Gasteiger partial charge in [0.1, 0.15) is 5.82 Å². The Morgan fingerprint density at radius 1 is 1.32 bits per heavy atom. The van der Waals surface area contributed by atoms with E-state index < -0.39 is 0 Å². The maximum absolute atomic E-state index is 12.9. The van der Waals surface area contributed by atoms with Crippen LogP contribution in [-0.4, -0.2) is 17.4 Å². The van der Waals surface area contributed by atoms with Crippen LogP contribution in [-0.2, 0) is 4.79 Å². The van der Waals surface area contributed by atoms with E-state index in [4.69, 9.17) is 6.42 Å². The maximum Gasteiger partial charge on any atom is 0.224 e. The first-order valence-corrected chi connectivity index (χ1v) is 7.12. The molecule has 1 N–H and O–H groups in total. The number of halogens is 1. The van der Waals surface area contributed by atoms with Gasteiger partial charge in [-0.2, -0.15) is 0 Å². The average molecular weight is 294 g/mol. The Morgan fingerprint density at radius 3 is 2.73 bits per heavy atom. The van der Waals surface area contributed by atoms with E-state index in [0.29, 0.717) is 0 Å². The molecule has 0 aliphatic heterocycles. The molecule has 4 heteroatoms. The summed E-state index contributed by atoms with van der Waals surface area (Å²) in [5.74, 6) is 2.34. The molecule has 0 unspecified atom stereocenters. The predicted octanol–water partition coefficient (Wildman–Crippen LogP) is 2.74. The van der Waals surface area contributed by atoms with Gasteiger partial charge in [-0.1, -0.05) is 12.0 Å². The first kappa shape index (κ1) is 14.3. The summed E-state index contributed by atoms with van der Waals surface area (Å²) in [5, 5.41) is 2.71. The van der Waals surface area contributed by atoms with Crippen LogP contribution in [0.25, 0.3) is 11.3 Å². The second-order valence-corrected chi connectivity index (χ2v) is 5.35. The standard InChI is InChI=1S/C18H15FN2O/c1-2-9-20-18(22)16-10-15(16)13-5-8-17(21-11-13)12-3-6-14(19)7-4-12/h1,3-8,11,15-16H,9-10H2,(H,20,22)/t15-,16+/m0/s1. The highest BCUT2D eigenvalue weighted by atomic mass is 19.1. The minimum Gasteiger partial charge on any atom is -0.345 e. The molecule has 1 saturated carbocycles. The van der Waals surface area contributed by atoms with Crippen molar-refractivity contribution in [2.75, 3.05) is 6.54 Å². The van der Waals surface area contributed by atoms with E-state index in [1.54, 1.807) is 18.3 Å². The second kappa shape index (κ2) is 5.98. The van der Waals surface area contributed by atoms with E-state index in [9.17, 15) is 9.18 Å². The summed E-state index contributed by atoms with van der Waals surface area (Å²) in [4.78, 5) is 16.2. The first-order valence-electron chi connectivity index (χ1n) is 7.12. The van der Waals surface area contributed by atoms with E-state index in [0.717, 1.165) is 23.2 Å². The van der Waals surface area contributed by atoms with Gasteiger partial charge in [0.25, 0.3) is 0 Å². The van der Waals surface area contributed by atoms with Crippen LogP contribution in [0.5, 0.6) is 0 Å². The molecule has 110 valence electrons. The Hall–Kier alpha value is -2.67. The van der Waals surface area contributed by atoms with E-state index in [2.05, 4.69) is 16.2 Å². The smallest absolute Gasteiger partial charge is 0.224 e. The number of rotatable bonds is 4. The number of nitrogens with zero attached hydrogens (tertiary/aromatic N) is 1. The zero-order valence-electron chi connectivity index (χ0n) is 11.9. The molecule has 0 bridgehead atoms. The topological polar surface area (TPSA) is 42.0 Å². The van der Waals surface area contributed by atoms with Crippen LogP contribution in [0.3, 0.4) is 0 Å². The molecule has 2 aromatic rings. The Bertz CT molecular complexity index is 716. The Labute approximate surface area is 128 Å². The van der Waals surface area contributed by atoms with Crippen LogP contribution in [0.15, 0.2) is 42.6 Å². The highest BCUT2D eigenvalue weighted by Gasteiger charge is 2.43. The summed E-state index contributed by atoms with van der Waals surface area (Å²) >= 11 is 0. The lowest BCUT2D eigenvalue weighted by Crippen LogP contribution is -2.25. The van der Waals surface area contributed by atoms with Crippen molar-refractivity contribution in [1.29, 1.82) is 0 Å². The van der Waals surface area contributed by atoms with Gasteiger partial charge in [-0.25, -0.2) is 4.39 Å². The molecule has 1 heterocycles. The number of hydrogen-bond donors (Lipinski definition) is 1. The molecule has 22 heavy (non-hydrogen) atoms. The fraction of sp³-hybridized carbons (Fsp3) is 0.222. The van der Waals surface area contributed by atoms with Gasteiger partial charge in [-0.05, 0) is 48.2 Å².